The lowest BCUT2D eigenvalue weighted by Gasteiger charge is -2.31. The molecule has 15 heavy (non-hydrogen) atoms. The summed E-state index contributed by atoms with van der Waals surface area (Å²) >= 11 is 0. The van der Waals surface area contributed by atoms with Gasteiger partial charge in [-0.1, -0.05) is 6.92 Å². The Morgan fingerprint density at radius 2 is 1.73 bits per heavy atom. The highest BCUT2D eigenvalue weighted by Gasteiger charge is 2.47. The van der Waals surface area contributed by atoms with Crippen LogP contribution in [0, 0.1) is 0 Å². The van der Waals surface area contributed by atoms with Crippen molar-refractivity contribution in [1.29, 1.82) is 0 Å². The first-order valence-corrected chi connectivity index (χ1v) is 6.71. The summed E-state index contributed by atoms with van der Waals surface area (Å²) in [5.74, 6) is 0. The molecule has 0 aliphatic carbocycles. The van der Waals surface area contributed by atoms with E-state index in [2.05, 4.69) is 0 Å². The minimum atomic E-state index is -2.73. The molecule has 0 radical (unpaired) electrons. The number of ether oxygens (including phenoxy) is 1. The molecule has 0 saturated carbocycles. The lowest BCUT2D eigenvalue weighted by atomic mass is 10.5. The number of aldehydes is 1. The molecule has 0 spiro atoms. The molecule has 0 aromatic rings. The van der Waals surface area contributed by atoms with Gasteiger partial charge in [-0.3, -0.25) is 0 Å². The van der Waals surface area contributed by atoms with E-state index in [0.29, 0.717) is 13.0 Å². The lowest BCUT2D eigenvalue weighted by molar-refractivity contribution is -0.109. The molecule has 0 aliphatic rings. The Morgan fingerprint density at radius 1 is 1.20 bits per heavy atom. The van der Waals surface area contributed by atoms with Crippen LogP contribution in [0.25, 0.3) is 0 Å². The van der Waals surface area contributed by atoms with E-state index in [1.807, 2.05) is 6.92 Å². The zero-order chi connectivity index (χ0) is 11.7. The van der Waals surface area contributed by atoms with E-state index in [1.54, 1.807) is 21.3 Å². The highest BCUT2D eigenvalue weighted by molar-refractivity contribution is 6.62. The summed E-state index contributed by atoms with van der Waals surface area (Å²) in [7, 11) is 1.90. The summed E-state index contributed by atoms with van der Waals surface area (Å²) in [6.45, 7) is 2.33. The predicted molar refractivity (Wildman–Crippen MR) is 57.5 cm³/mol. The third-order valence-electron chi connectivity index (χ3n) is 2.17. The van der Waals surface area contributed by atoms with Crippen molar-refractivity contribution < 1.29 is 22.8 Å². The number of hydrogen-bond donors (Lipinski definition) is 0. The van der Waals surface area contributed by atoms with Crippen molar-refractivity contribution >= 4 is 15.1 Å². The van der Waals surface area contributed by atoms with Crippen LogP contribution >= 0.6 is 0 Å². The Balaban J connectivity index is 4.37. The molecule has 90 valence electrons. The van der Waals surface area contributed by atoms with E-state index < -0.39 is 8.80 Å². The molecule has 0 rings (SSSR count). The summed E-state index contributed by atoms with van der Waals surface area (Å²) in [6.07, 6.45) is 1.92. The Morgan fingerprint density at radius 3 is 2.07 bits per heavy atom. The van der Waals surface area contributed by atoms with Crippen molar-refractivity contribution in [3.05, 3.63) is 0 Å². The smallest absolute Gasteiger partial charge is 0.375 e. The van der Waals surface area contributed by atoms with Gasteiger partial charge in [0.15, 0.2) is 0 Å². The van der Waals surface area contributed by atoms with E-state index in [1.165, 1.54) is 0 Å². The van der Waals surface area contributed by atoms with Crippen LogP contribution in [0.1, 0.15) is 19.8 Å². The molecule has 0 heterocycles. The van der Waals surface area contributed by atoms with Crippen LogP contribution in [-0.4, -0.2) is 48.8 Å². The van der Waals surface area contributed by atoms with Gasteiger partial charge in [-0.2, -0.15) is 0 Å². The number of carbonyl (C=O) groups is 1. The Kier molecular flexibility index (Phi) is 7.80. The van der Waals surface area contributed by atoms with Gasteiger partial charge in [0.05, 0.1) is 6.61 Å². The lowest BCUT2D eigenvalue weighted by Crippen LogP contribution is -2.55. The number of carbonyl (C=O) groups excluding carboxylic acids is 1. The first kappa shape index (κ1) is 14.7. The van der Waals surface area contributed by atoms with Gasteiger partial charge in [-0.25, -0.2) is 0 Å². The maximum atomic E-state index is 10.2. The minimum Gasteiger partial charge on any atom is -0.375 e. The average molecular weight is 236 g/mol. The van der Waals surface area contributed by atoms with Gasteiger partial charge >= 0.3 is 8.80 Å². The van der Waals surface area contributed by atoms with Gasteiger partial charge < -0.3 is 22.8 Å². The van der Waals surface area contributed by atoms with Crippen LogP contribution < -0.4 is 0 Å². The van der Waals surface area contributed by atoms with Crippen molar-refractivity contribution in [3.63, 3.8) is 0 Å². The maximum absolute atomic E-state index is 10.2. The quantitative estimate of drug-likeness (QED) is 0.336. The second kappa shape index (κ2) is 7.95. The first-order valence-electron chi connectivity index (χ1n) is 4.91. The van der Waals surface area contributed by atoms with Gasteiger partial charge in [0.2, 0.25) is 0 Å². The van der Waals surface area contributed by atoms with Crippen molar-refractivity contribution in [2.24, 2.45) is 0 Å². The highest BCUT2D eigenvalue weighted by Crippen LogP contribution is 2.18. The van der Waals surface area contributed by atoms with E-state index in [4.69, 9.17) is 18.0 Å². The van der Waals surface area contributed by atoms with E-state index in [-0.39, 0.29) is 5.73 Å². The highest BCUT2D eigenvalue weighted by atomic mass is 28.4. The van der Waals surface area contributed by atoms with Crippen molar-refractivity contribution in [3.8, 4) is 0 Å². The van der Waals surface area contributed by atoms with E-state index in [9.17, 15) is 4.79 Å². The van der Waals surface area contributed by atoms with E-state index >= 15 is 0 Å². The second-order valence-electron chi connectivity index (χ2n) is 2.94. The molecule has 0 amide bonds. The summed E-state index contributed by atoms with van der Waals surface area (Å²) in [5, 5.41) is 0. The fourth-order valence-corrected chi connectivity index (χ4v) is 3.48. The average Bonchev–Trinajstić information content (AvgIpc) is 2.29. The fraction of sp³-hybridized carbons (Fsp3) is 0.889. The molecule has 1 atom stereocenters. The largest absolute Gasteiger partial charge is 0.530 e. The van der Waals surface area contributed by atoms with Crippen LogP contribution in [0.2, 0.25) is 0 Å². The van der Waals surface area contributed by atoms with Gasteiger partial charge in [0.25, 0.3) is 0 Å². The third-order valence-corrected chi connectivity index (χ3v) is 5.24. The molecular formula is C9H20O5Si. The monoisotopic (exact) mass is 236 g/mol. The molecule has 1 unspecified atom stereocenters. The topological polar surface area (TPSA) is 54.0 Å². The molecule has 0 fully saturated rings. The summed E-state index contributed by atoms with van der Waals surface area (Å²) < 4.78 is 21.4. The zero-order valence-electron chi connectivity index (χ0n) is 9.82. The standard InChI is InChI=1S/C9H20O5Si/c1-5-9(14-8-6-7-10)15(11-2,12-3)13-4/h7,9H,5-6,8H2,1-4H3. The minimum absolute atomic E-state index is 0.225. The Hall–Kier alpha value is -0.273. The maximum Gasteiger partial charge on any atom is 0.530 e. The SMILES string of the molecule is CCC(OCCC=O)[Si](OC)(OC)OC. The Bertz CT molecular complexity index is 164. The fourth-order valence-electron chi connectivity index (χ4n) is 1.37. The first-order chi connectivity index (χ1) is 7.20. The molecule has 5 nitrogen and oxygen atoms in total. The van der Waals surface area contributed by atoms with Gasteiger partial charge in [-0.05, 0) is 6.42 Å². The molecule has 0 saturated heterocycles. The van der Waals surface area contributed by atoms with Crippen molar-refractivity contribution in [2.75, 3.05) is 27.9 Å². The van der Waals surface area contributed by atoms with Crippen LogP contribution in [0.5, 0.6) is 0 Å². The van der Waals surface area contributed by atoms with Crippen molar-refractivity contribution in [1.82, 2.24) is 0 Å². The Labute approximate surface area is 92.0 Å². The second-order valence-corrected chi connectivity index (χ2v) is 6.01. The molecule has 0 aromatic carbocycles. The summed E-state index contributed by atoms with van der Waals surface area (Å²) in [4.78, 5) is 10.2. The number of rotatable bonds is 9. The van der Waals surface area contributed by atoms with Crippen LogP contribution in [-0.2, 0) is 22.8 Å². The predicted octanol–water partition coefficient (Wildman–Crippen LogP) is 0.788. The van der Waals surface area contributed by atoms with Crippen LogP contribution in [0.3, 0.4) is 0 Å². The van der Waals surface area contributed by atoms with Crippen LogP contribution in [0.15, 0.2) is 0 Å². The van der Waals surface area contributed by atoms with Gasteiger partial charge in [0.1, 0.15) is 12.0 Å². The normalized spacial score (nSPS) is 13.9. The van der Waals surface area contributed by atoms with Crippen LogP contribution in [0.4, 0.5) is 0 Å². The van der Waals surface area contributed by atoms with Crippen molar-refractivity contribution in [2.45, 2.75) is 25.5 Å². The summed E-state index contributed by atoms with van der Waals surface area (Å²) in [5.41, 5.74) is -0.225. The summed E-state index contributed by atoms with van der Waals surface area (Å²) in [6, 6.07) is 0. The molecular weight excluding hydrogens is 216 g/mol. The molecule has 0 N–H and O–H groups in total. The van der Waals surface area contributed by atoms with E-state index in [0.717, 1.165) is 12.7 Å². The molecule has 0 aliphatic heterocycles. The molecule has 6 heteroatoms. The van der Waals surface area contributed by atoms with Gasteiger partial charge in [-0.15, -0.1) is 0 Å². The number of hydrogen-bond acceptors (Lipinski definition) is 5. The third kappa shape index (κ3) is 4.00. The molecule has 0 aromatic heterocycles. The molecule has 0 bridgehead atoms. The zero-order valence-corrected chi connectivity index (χ0v) is 10.8. The van der Waals surface area contributed by atoms with Gasteiger partial charge in [0, 0.05) is 27.8 Å².